The number of amides is 1. The van der Waals surface area contributed by atoms with Crippen LogP contribution in [-0.2, 0) is 9.53 Å². The minimum absolute atomic E-state index is 0.0311. The second-order valence-electron chi connectivity index (χ2n) is 8.05. The number of halogens is 2. The smallest absolute Gasteiger partial charge is 0.410 e. The van der Waals surface area contributed by atoms with Crippen molar-refractivity contribution in [3.05, 3.63) is 82.4 Å². The van der Waals surface area contributed by atoms with Crippen LogP contribution in [0.2, 0.25) is 0 Å². The van der Waals surface area contributed by atoms with Crippen molar-refractivity contribution in [1.82, 2.24) is 4.90 Å². The summed E-state index contributed by atoms with van der Waals surface area (Å²) in [6, 6.07) is 12.1. The molecule has 0 unspecified atom stereocenters. The number of ketones is 1. The van der Waals surface area contributed by atoms with Gasteiger partial charge in [0.1, 0.15) is 17.2 Å². The highest BCUT2D eigenvalue weighted by atomic mass is 19.1. The van der Waals surface area contributed by atoms with Gasteiger partial charge in [-0.2, -0.15) is 0 Å². The van der Waals surface area contributed by atoms with E-state index in [2.05, 4.69) is 0 Å². The predicted octanol–water partition coefficient (Wildman–Crippen LogP) is 5.25. The largest absolute Gasteiger partial charge is 0.444 e. The molecule has 1 aliphatic rings. The van der Waals surface area contributed by atoms with Crippen LogP contribution in [0.4, 0.5) is 13.6 Å². The quantitative estimate of drug-likeness (QED) is 0.634. The number of carbonyl (C=O) groups excluding carboxylic acids is 2. The minimum Gasteiger partial charge on any atom is -0.444 e. The number of Topliss-reactive ketones (excluding diaryl/α,β-unsaturated/α-hetero) is 1. The van der Waals surface area contributed by atoms with E-state index in [-0.39, 0.29) is 41.1 Å². The highest BCUT2D eigenvalue weighted by Crippen LogP contribution is 2.25. The molecule has 1 amide bonds. The number of piperidine rings is 1. The number of nitrogens with zero attached hydrogens (tertiary/aromatic N) is 1. The molecule has 2 aromatic carbocycles. The van der Waals surface area contributed by atoms with Gasteiger partial charge in [0, 0.05) is 22.3 Å². The van der Waals surface area contributed by atoms with Crippen LogP contribution in [0.1, 0.15) is 31.9 Å². The van der Waals surface area contributed by atoms with Crippen molar-refractivity contribution in [3.8, 4) is 0 Å². The summed E-state index contributed by atoms with van der Waals surface area (Å²) in [5.74, 6) is -1.32. The van der Waals surface area contributed by atoms with Gasteiger partial charge in [-0.05, 0) is 45.1 Å². The Kier molecular flexibility index (Phi) is 6.15. The van der Waals surface area contributed by atoms with Gasteiger partial charge in [0.2, 0.25) is 0 Å². The van der Waals surface area contributed by atoms with E-state index < -0.39 is 23.3 Å². The lowest BCUT2D eigenvalue weighted by atomic mass is 9.94. The average molecular weight is 411 g/mol. The van der Waals surface area contributed by atoms with Crippen LogP contribution in [-0.4, -0.2) is 35.5 Å². The van der Waals surface area contributed by atoms with E-state index >= 15 is 0 Å². The van der Waals surface area contributed by atoms with Crippen molar-refractivity contribution in [2.24, 2.45) is 0 Å². The SMILES string of the molecule is CC(C)(C)OC(=O)N1C/C(=C/c2ccccc2F)C(=O)/C(=C\c2ccccc2F)C1. The molecule has 0 spiro atoms. The first-order valence-electron chi connectivity index (χ1n) is 9.57. The molecular weight excluding hydrogens is 388 g/mol. The first-order chi connectivity index (χ1) is 14.1. The molecule has 0 bridgehead atoms. The zero-order valence-corrected chi connectivity index (χ0v) is 17.1. The van der Waals surface area contributed by atoms with E-state index in [1.165, 1.54) is 29.2 Å². The Morgan fingerprint density at radius 1 is 0.900 bits per heavy atom. The molecule has 0 aromatic heterocycles. The normalized spacial score (nSPS) is 17.5. The van der Waals surface area contributed by atoms with E-state index in [0.717, 1.165) is 0 Å². The Morgan fingerprint density at radius 2 is 1.33 bits per heavy atom. The molecule has 0 radical (unpaired) electrons. The molecule has 6 heteroatoms. The van der Waals surface area contributed by atoms with Crippen LogP contribution in [0.5, 0.6) is 0 Å². The summed E-state index contributed by atoms with van der Waals surface area (Å²) < 4.78 is 33.7. The lowest BCUT2D eigenvalue weighted by Crippen LogP contribution is -2.44. The van der Waals surface area contributed by atoms with E-state index in [1.807, 2.05) is 0 Å². The lowest BCUT2D eigenvalue weighted by Gasteiger charge is -2.32. The molecule has 30 heavy (non-hydrogen) atoms. The summed E-state index contributed by atoms with van der Waals surface area (Å²) in [5.41, 5.74) is 0.192. The van der Waals surface area contributed by atoms with Gasteiger partial charge in [0.15, 0.2) is 5.78 Å². The van der Waals surface area contributed by atoms with Crippen molar-refractivity contribution in [2.45, 2.75) is 26.4 Å². The molecule has 0 saturated carbocycles. The van der Waals surface area contributed by atoms with Crippen molar-refractivity contribution in [2.75, 3.05) is 13.1 Å². The van der Waals surface area contributed by atoms with Crippen molar-refractivity contribution in [1.29, 1.82) is 0 Å². The van der Waals surface area contributed by atoms with E-state index in [4.69, 9.17) is 4.74 Å². The summed E-state index contributed by atoms with van der Waals surface area (Å²) in [6.45, 7) is 5.16. The number of carbonyl (C=O) groups is 2. The topological polar surface area (TPSA) is 46.6 Å². The third kappa shape index (κ3) is 5.20. The Bertz CT molecular complexity index is 967. The summed E-state index contributed by atoms with van der Waals surface area (Å²) in [5, 5.41) is 0. The predicted molar refractivity (Wildman–Crippen MR) is 112 cm³/mol. The number of ether oxygens (including phenoxy) is 1. The summed E-state index contributed by atoms with van der Waals surface area (Å²) >= 11 is 0. The van der Waals surface area contributed by atoms with Crippen LogP contribution in [0.15, 0.2) is 59.7 Å². The molecule has 1 heterocycles. The van der Waals surface area contributed by atoms with Gasteiger partial charge >= 0.3 is 6.09 Å². The summed E-state index contributed by atoms with van der Waals surface area (Å²) in [7, 11) is 0. The van der Waals surface area contributed by atoms with Gasteiger partial charge in [0.05, 0.1) is 13.1 Å². The molecule has 0 aliphatic carbocycles. The van der Waals surface area contributed by atoms with E-state index in [1.54, 1.807) is 57.2 Å². The third-order valence-corrected chi connectivity index (χ3v) is 4.43. The standard InChI is InChI=1S/C24H23F2NO3/c1-24(2,3)30-23(29)27-14-18(12-16-8-4-6-10-20(16)25)22(28)19(15-27)13-17-9-5-7-11-21(17)26/h4-13H,14-15H2,1-3H3/b18-12-,19-13-. The molecule has 3 rings (SSSR count). The monoisotopic (exact) mass is 411 g/mol. The van der Waals surface area contributed by atoms with Crippen molar-refractivity contribution >= 4 is 24.0 Å². The highest BCUT2D eigenvalue weighted by molar-refractivity contribution is 6.15. The maximum atomic E-state index is 14.1. The molecular formula is C24H23F2NO3. The highest BCUT2D eigenvalue weighted by Gasteiger charge is 2.32. The summed E-state index contributed by atoms with van der Waals surface area (Å²) in [4.78, 5) is 27.0. The zero-order chi connectivity index (χ0) is 21.9. The van der Waals surface area contributed by atoms with Crippen LogP contribution in [0.3, 0.4) is 0 Å². The Morgan fingerprint density at radius 3 is 1.73 bits per heavy atom. The number of likely N-dealkylation sites (tertiary alicyclic amines) is 1. The molecule has 0 atom stereocenters. The third-order valence-electron chi connectivity index (χ3n) is 4.43. The van der Waals surface area contributed by atoms with Gasteiger partial charge in [-0.25, -0.2) is 13.6 Å². The van der Waals surface area contributed by atoms with Gasteiger partial charge in [-0.15, -0.1) is 0 Å². The number of benzene rings is 2. The molecule has 1 fully saturated rings. The fraction of sp³-hybridized carbons (Fsp3) is 0.250. The van der Waals surface area contributed by atoms with Crippen LogP contribution < -0.4 is 0 Å². The number of hydrogen-bond acceptors (Lipinski definition) is 3. The first kappa shape index (κ1) is 21.4. The van der Waals surface area contributed by atoms with Gasteiger partial charge < -0.3 is 4.74 Å². The zero-order valence-electron chi connectivity index (χ0n) is 17.1. The van der Waals surface area contributed by atoms with E-state index in [9.17, 15) is 18.4 Å². The Labute approximate surface area is 174 Å². The fourth-order valence-corrected chi connectivity index (χ4v) is 3.05. The number of hydrogen-bond donors (Lipinski definition) is 0. The van der Waals surface area contributed by atoms with Crippen LogP contribution in [0, 0.1) is 11.6 Å². The molecule has 156 valence electrons. The van der Waals surface area contributed by atoms with Gasteiger partial charge in [-0.1, -0.05) is 36.4 Å². The van der Waals surface area contributed by atoms with Crippen LogP contribution in [0.25, 0.3) is 12.2 Å². The maximum Gasteiger partial charge on any atom is 0.410 e. The fourth-order valence-electron chi connectivity index (χ4n) is 3.05. The Hall–Kier alpha value is -3.28. The maximum absolute atomic E-state index is 14.1. The van der Waals surface area contributed by atoms with Crippen LogP contribution >= 0.6 is 0 Å². The second-order valence-corrected chi connectivity index (χ2v) is 8.05. The van der Waals surface area contributed by atoms with Gasteiger partial charge in [0.25, 0.3) is 0 Å². The summed E-state index contributed by atoms with van der Waals surface area (Å²) in [6.07, 6.45) is 2.24. The van der Waals surface area contributed by atoms with Crippen molar-refractivity contribution < 1.29 is 23.1 Å². The molecule has 1 saturated heterocycles. The lowest BCUT2D eigenvalue weighted by molar-refractivity contribution is -0.113. The Balaban J connectivity index is 2.02. The molecule has 0 N–H and O–H groups in total. The molecule has 1 aliphatic heterocycles. The van der Waals surface area contributed by atoms with Gasteiger partial charge in [-0.3, -0.25) is 9.69 Å². The first-order valence-corrected chi connectivity index (χ1v) is 9.57. The number of rotatable bonds is 2. The minimum atomic E-state index is -0.719. The van der Waals surface area contributed by atoms with E-state index in [0.29, 0.717) is 0 Å². The molecule has 2 aromatic rings. The van der Waals surface area contributed by atoms with Crippen molar-refractivity contribution in [3.63, 3.8) is 0 Å². The average Bonchev–Trinajstić information content (AvgIpc) is 2.66. The molecule has 4 nitrogen and oxygen atoms in total. The second kappa shape index (κ2) is 8.61.